The van der Waals surface area contributed by atoms with E-state index >= 15 is 0 Å². The standard InChI is InChI=1S/C16H10Br2N2O3S/c1-8-2-4-9(5-3-8)20-15(22)11(14(21)19-16(20)24)6-10-7-12(17)13(18)23-10/h2-7H,1H3,(H,19,21,24)/b11-6+. The number of anilines is 1. The van der Waals surface area contributed by atoms with Crippen molar-refractivity contribution >= 4 is 72.8 Å². The minimum Gasteiger partial charge on any atom is -0.449 e. The predicted octanol–water partition coefficient (Wildman–Crippen LogP) is 3.94. The van der Waals surface area contributed by atoms with E-state index in [1.165, 1.54) is 11.0 Å². The van der Waals surface area contributed by atoms with Crippen LogP contribution in [-0.4, -0.2) is 16.9 Å². The number of benzene rings is 1. The lowest BCUT2D eigenvalue weighted by Gasteiger charge is -2.28. The molecule has 1 aromatic carbocycles. The van der Waals surface area contributed by atoms with E-state index in [1.54, 1.807) is 18.2 Å². The Balaban J connectivity index is 2.01. The van der Waals surface area contributed by atoms with Crippen LogP contribution in [0.5, 0.6) is 0 Å². The number of carbonyl (C=O) groups excluding carboxylic acids is 2. The molecule has 0 atom stereocenters. The molecule has 3 rings (SSSR count). The smallest absolute Gasteiger partial charge is 0.270 e. The highest BCUT2D eigenvalue weighted by atomic mass is 79.9. The molecule has 0 bridgehead atoms. The summed E-state index contributed by atoms with van der Waals surface area (Å²) in [5.41, 5.74) is 1.58. The highest BCUT2D eigenvalue weighted by molar-refractivity contribution is 9.13. The number of aryl methyl sites for hydroxylation is 1. The molecule has 0 aliphatic carbocycles. The molecule has 2 aromatic rings. The fraction of sp³-hybridized carbons (Fsp3) is 0.0625. The molecule has 1 aliphatic rings. The number of hydrogen-bond acceptors (Lipinski definition) is 4. The first-order valence-corrected chi connectivity index (χ1v) is 8.79. The Kier molecular flexibility index (Phi) is 4.71. The quantitative estimate of drug-likeness (QED) is 0.411. The van der Waals surface area contributed by atoms with Crippen LogP contribution in [0.15, 0.2) is 49.5 Å². The lowest BCUT2D eigenvalue weighted by molar-refractivity contribution is -0.122. The molecule has 1 aromatic heterocycles. The maximum Gasteiger partial charge on any atom is 0.270 e. The second-order valence-corrected chi connectivity index (χ2v) is 7.03. The van der Waals surface area contributed by atoms with Gasteiger partial charge in [0.2, 0.25) is 0 Å². The summed E-state index contributed by atoms with van der Waals surface area (Å²) in [7, 11) is 0. The molecule has 1 saturated heterocycles. The van der Waals surface area contributed by atoms with Crippen molar-refractivity contribution in [2.24, 2.45) is 0 Å². The minimum absolute atomic E-state index is 0.0489. The second kappa shape index (κ2) is 6.62. The Bertz CT molecular complexity index is 868. The van der Waals surface area contributed by atoms with Crippen molar-refractivity contribution in [3.63, 3.8) is 0 Å². The van der Waals surface area contributed by atoms with Crippen molar-refractivity contribution in [2.75, 3.05) is 4.90 Å². The lowest BCUT2D eigenvalue weighted by atomic mass is 10.1. The Morgan fingerprint density at radius 2 is 1.88 bits per heavy atom. The number of nitrogens with zero attached hydrogens (tertiary/aromatic N) is 1. The fourth-order valence-corrected chi connectivity index (χ4v) is 3.05. The summed E-state index contributed by atoms with van der Waals surface area (Å²) in [6.07, 6.45) is 1.39. The van der Waals surface area contributed by atoms with Gasteiger partial charge in [-0.3, -0.25) is 19.8 Å². The third-order valence-electron chi connectivity index (χ3n) is 3.34. The van der Waals surface area contributed by atoms with E-state index in [0.29, 0.717) is 20.6 Å². The third kappa shape index (κ3) is 3.22. The van der Waals surface area contributed by atoms with E-state index < -0.39 is 11.8 Å². The predicted molar refractivity (Wildman–Crippen MR) is 101 cm³/mol. The van der Waals surface area contributed by atoms with Crippen LogP contribution in [0.1, 0.15) is 11.3 Å². The molecule has 0 spiro atoms. The Hall–Kier alpha value is -1.77. The number of thiocarbonyl (C=S) groups is 1. The monoisotopic (exact) mass is 468 g/mol. The first-order valence-electron chi connectivity index (χ1n) is 6.80. The van der Waals surface area contributed by atoms with E-state index in [9.17, 15) is 9.59 Å². The van der Waals surface area contributed by atoms with Gasteiger partial charge in [-0.2, -0.15) is 0 Å². The fourth-order valence-electron chi connectivity index (χ4n) is 2.16. The molecule has 2 heterocycles. The molecule has 2 amide bonds. The van der Waals surface area contributed by atoms with Gasteiger partial charge in [-0.1, -0.05) is 17.7 Å². The van der Waals surface area contributed by atoms with E-state index in [4.69, 9.17) is 16.6 Å². The number of amides is 2. The van der Waals surface area contributed by atoms with Crippen LogP contribution in [-0.2, 0) is 9.59 Å². The topological polar surface area (TPSA) is 62.6 Å². The molecule has 1 fully saturated rings. The van der Waals surface area contributed by atoms with Crippen molar-refractivity contribution < 1.29 is 14.0 Å². The van der Waals surface area contributed by atoms with Gasteiger partial charge in [-0.25, -0.2) is 0 Å². The van der Waals surface area contributed by atoms with Gasteiger partial charge in [0, 0.05) is 0 Å². The highest BCUT2D eigenvalue weighted by Crippen LogP contribution is 2.29. The zero-order valence-corrected chi connectivity index (χ0v) is 16.3. The number of carbonyl (C=O) groups is 2. The first kappa shape index (κ1) is 17.1. The summed E-state index contributed by atoms with van der Waals surface area (Å²) in [6, 6.07) is 8.93. The summed E-state index contributed by atoms with van der Waals surface area (Å²) in [4.78, 5) is 26.2. The van der Waals surface area contributed by atoms with Gasteiger partial charge in [0.15, 0.2) is 9.78 Å². The van der Waals surface area contributed by atoms with Gasteiger partial charge in [0.1, 0.15) is 11.3 Å². The van der Waals surface area contributed by atoms with Crippen LogP contribution in [0.25, 0.3) is 6.08 Å². The number of halogens is 2. The van der Waals surface area contributed by atoms with Gasteiger partial charge in [0.05, 0.1) is 10.2 Å². The van der Waals surface area contributed by atoms with Crippen LogP contribution >= 0.6 is 44.1 Å². The van der Waals surface area contributed by atoms with E-state index in [0.717, 1.165) is 5.56 Å². The van der Waals surface area contributed by atoms with E-state index in [1.807, 2.05) is 19.1 Å². The molecular weight excluding hydrogens is 460 g/mol. The van der Waals surface area contributed by atoms with Gasteiger partial charge >= 0.3 is 0 Å². The number of nitrogens with one attached hydrogen (secondary N) is 1. The van der Waals surface area contributed by atoms with Crippen LogP contribution in [0.3, 0.4) is 0 Å². The van der Waals surface area contributed by atoms with Crippen LogP contribution in [0, 0.1) is 6.92 Å². The van der Waals surface area contributed by atoms with E-state index in [-0.39, 0.29) is 10.7 Å². The first-order chi connectivity index (χ1) is 11.4. The van der Waals surface area contributed by atoms with Gasteiger partial charge < -0.3 is 4.42 Å². The lowest BCUT2D eigenvalue weighted by Crippen LogP contribution is -2.54. The molecule has 1 N–H and O–H groups in total. The second-order valence-electron chi connectivity index (χ2n) is 5.06. The van der Waals surface area contributed by atoms with Crippen LogP contribution in [0.4, 0.5) is 5.69 Å². The third-order valence-corrected chi connectivity index (χ3v) is 5.34. The summed E-state index contributed by atoms with van der Waals surface area (Å²) in [5.74, 6) is -0.697. The Labute approximate surface area is 160 Å². The molecule has 0 saturated carbocycles. The summed E-state index contributed by atoms with van der Waals surface area (Å²) >= 11 is 11.7. The molecular formula is C16H10Br2N2O3S. The van der Waals surface area contributed by atoms with Crippen molar-refractivity contribution in [1.82, 2.24) is 5.32 Å². The summed E-state index contributed by atoms with van der Waals surface area (Å²) < 4.78 is 6.57. The Morgan fingerprint density at radius 1 is 1.21 bits per heavy atom. The SMILES string of the molecule is Cc1ccc(N2C(=O)/C(=C/c3cc(Br)c(Br)o3)C(=O)NC2=S)cc1. The largest absolute Gasteiger partial charge is 0.449 e. The van der Waals surface area contributed by atoms with Crippen LogP contribution < -0.4 is 10.2 Å². The molecule has 24 heavy (non-hydrogen) atoms. The van der Waals surface area contributed by atoms with Crippen molar-refractivity contribution in [1.29, 1.82) is 0 Å². The van der Waals surface area contributed by atoms with Gasteiger partial charge in [-0.05, 0) is 75.3 Å². The molecule has 0 radical (unpaired) electrons. The summed E-state index contributed by atoms with van der Waals surface area (Å²) in [6.45, 7) is 1.94. The molecule has 122 valence electrons. The molecule has 0 unspecified atom stereocenters. The average Bonchev–Trinajstić information content (AvgIpc) is 2.83. The normalized spacial score (nSPS) is 16.7. The maximum atomic E-state index is 12.8. The average molecular weight is 470 g/mol. The zero-order chi connectivity index (χ0) is 17.4. The summed E-state index contributed by atoms with van der Waals surface area (Å²) in [5, 5.41) is 2.58. The van der Waals surface area contributed by atoms with Crippen molar-refractivity contribution in [2.45, 2.75) is 6.92 Å². The highest BCUT2D eigenvalue weighted by Gasteiger charge is 2.34. The zero-order valence-electron chi connectivity index (χ0n) is 12.3. The van der Waals surface area contributed by atoms with Crippen molar-refractivity contribution in [3.05, 3.63) is 56.4 Å². The number of hydrogen-bond donors (Lipinski definition) is 1. The Morgan fingerprint density at radius 3 is 2.46 bits per heavy atom. The molecule has 8 heteroatoms. The number of rotatable bonds is 2. The molecule has 5 nitrogen and oxygen atoms in total. The van der Waals surface area contributed by atoms with E-state index in [2.05, 4.69) is 37.2 Å². The molecule has 1 aliphatic heterocycles. The van der Waals surface area contributed by atoms with Gasteiger partial charge in [-0.15, -0.1) is 0 Å². The van der Waals surface area contributed by atoms with Crippen LogP contribution in [0.2, 0.25) is 0 Å². The minimum atomic E-state index is -0.558. The van der Waals surface area contributed by atoms with Crippen molar-refractivity contribution in [3.8, 4) is 0 Å². The number of furan rings is 1. The van der Waals surface area contributed by atoms with Gasteiger partial charge in [0.25, 0.3) is 11.8 Å². The maximum absolute atomic E-state index is 12.8.